The zero-order valence-corrected chi connectivity index (χ0v) is 10.5. The highest BCUT2D eigenvalue weighted by atomic mass is 32.1. The van der Waals surface area contributed by atoms with E-state index in [2.05, 4.69) is 18.9 Å². The van der Waals surface area contributed by atoms with Crippen molar-refractivity contribution in [2.45, 2.75) is 19.9 Å². The van der Waals surface area contributed by atoms with E-state index in [1.54, 1.807) is 17.4 Å². The molecule has 0 atom stereocenters. The second-order valence-electron chi connectivity index (χ2n) is 3.76. The highest BCUT2D eigenvalue weighted by Crippen LogP contribution is 2.17. The topological polar surface area (TPSA) is 40.5 Å². The summed E-state index contributed by atoms with van der Waals surface area (Å²) in [5, 5.41) is 10.5. The number of hydrogen-bond donors (Lipinski definition) is 1. The Kier molecular flexibility index (Phi) is 5.22. The van der Waals surface area contributed by atoms with Crippen LogP contribution < -0.4 is 0 Å². The number of nitrogens with zero attached hydrogens (tertiary/aromatic N) is 1. The molecule has 0 fully saturated rings. The molecule has 0 radical (unpaired) electrons. The van der Waals surface area contributed by atoms with E-state index >= 15 is 0 Å². The summed E-state index contributed by atoms with van der Waals surface area (Å²) >= 11 is 1.67. The van der Waals surface area contributed by atoms with Gasteiger partial charge in [0.1, 0.15) is 0 Å². The normalized spacial score (nSPS) is 11.4. The van der Waals surface area contributed by atoms with Crippen molar-refractivity contribution in [3.63, 3.8) is 0 Å². The second kappa shape index (κ2) is 6.45. The zero-order valence-electron chi connectivity index (χ0n) is 9.64. The van der Waals surface area contributed by atoms with Crippen molar-refractivity contribution in [3.05, 3.63) is 28.0 Å². The Hall–Kier alpha value is -1.13. The number of hydrogen-bond acceptors (Lipinski definition) is 3. The molecule has 1 N–H and O–H groups in total. The summed E-state index contributed by atoms with van der Waals surface area (Å²) in [4.78, 5) is 13.9. The minimum atomic E-state index is -0.907. The SMILES string of the molecule is CCCN(C)Cc1cc(C=CC(=O)O)cs1. The fourth-order valence-corrected chi connectivity index (χ4v) is 2.40. The van der Waals surface area contributed by atoms with Gasteiger partial charge in [-0.05, 0) is 43.1 Å². The van der Waals surface area contributed by atoms with Gasteiger partial charge in [0.25, 0.3) is 0 Å². The molecule has 0 unspecified atom stereocenters. The molecule has 1 aromatic rings. The van der Waals surface area contributed by atoms with Crippen molar-refractivity contribution in [2.75, 3.05) is 13.6 Å². The smallest absolute Gasteiger partial charge is 0.328 e. The van der Waals surface area contributed by atoms with Gasteiger partial charge in [0.05, 0.1) is 0 Å². The van der Waals surface area contributed by atoms with E-state index in [1.807, 2.05) is 11.4 Å². The molecule has 0 bridgehead atoms. The first kappa shape index (κ1) is 12.9. The van der Waals surface area contributed by atoms with E-state index < -0.39 is 5.97 Å². The predicted octanol–water partition coefficient (Wildman–Crippen LogP) is 2.69. The second-order valence-corrected chi connectivity index (χ2v) is 4.75. The van der Waals surface area contributed by atoms with Gasteiger partial charge in [0, 0.05) is 17.5 Å². The first-order chi connectivity index (χ1) is 7.61. The van der Waals surface area contributed by atoms with Crippen LogP contribution in [-0.4, -0.2) is 29.6 Å². The Balaban J connectivity index is 2.54. The minimum absolute atomic E-state index is 0.907. The van der Waals surface area contributed by atoms with E-state index in [0.717, 1.165) is 25.1 Å². The first-order valence-corrected chi connectivity index (χ1v) is 6.16. The highest BCUT2D eigenvalue weighted by Gasteiger charge is 2.01. The van der Waals surface area contributed by atoms with Crippen molar-refractivity contribution in [1.82, 2.24) is 4.90 Å². The van der Waals surface area contributed by atoms with Crippen LogP contribution in [0.3, 0.4) is 0 Å². The molecule has 1 aromatic heterocycles. The van der Waals surface area contributed by atoms with Crippen molar-refractivity contribution >= 4 is 23.4 Å². The largest absolute Gasteiger partial charge is 0.478 e. The molecule has 0 amide bonds. The lowest BCUT2D eigenvalue weighted by atomic mass is 10.3. The van der Waals surface area contributed by atoms with Crippen molar-refractivity contribution < 1.29 is 9.90 Å². The molecule has 16 heavy (non-hydrogen) atoms. The van der Waals surface area contributed by atoms with Crippen LogP contribution in [0.4, 0.5) is 0 Å². The third kappa shape index (κ3) is 4.59. The van der Waals surface area contributed by atoms with Gasteiger partial charge in [0.15, 0.2) is 0 Å². The maximum Gasteiger partial charge on any atom is 0.328 e. The Labute approximate surface area is 100 Å². The third-order valence-electron chi connectivity index (χ3n) is 2.12. The van der Waals surface area contributed by atoms with Crippen molar-refractivity contribution in [1.29, 1.82) is 0 Å². The summed E-state index contributed by atoms with van der Waals surface area (Å²) in [6, 6.07) is 2.04. The number of carbonyl (C=O) groups is 1. The minimum Gasteiger partial charge on any atom is -0.478 e. The Morgan fingerprint density at radius 1 is 1.62 bits per heavy atom. The first-order valence-electron chi connectivity index (χ1n) is 5.28. The van der Waals surface area contributed by atoms with Gasteiger partial charge < -0.3 is 10.0 Å². The molecular weight excluding hydrogens is 222 g/mol. The Morgan fingerprint density at radius 3 is 3.00 bits per heavy atom. The summed E-state index contributed by atoms with van der Waals surface area (Å²) in [6.07, 6.45) is 3.94. The quantitative estimate of drug-likeness (QED) is 0.776. The average molecular weight is 239 g/mol. The lowest BCUT2D eigenvalue weighted by Crippen LogP contribution is -2.17. The molecule has 0 aliphatic carbocycles. The van der Waals surface area contributed by atoms with E-state index in [-0.39, 0.29) is 0 Å². The average Bonchev–Trinajstić information content (AvgIpc) is 2.63. The molecule has 4 heteroatoms. The number of carboxylic acids is 1. The molecular formula is C12H17NO2S. The molecule has 0 aliphatic rings. The van der Waals surface area contributed by atoms with E-state index in [9.17, 15) is 4.79 Å². The number of carboxylic acid groups (broad SMARTS) is 1. The van der Waals surface area contributed by atoms with Crippen molar-refractivity contribution in [2.24, 2.45) is 0 Å². The Morgan fingerprint density at radius 2 is 2.38 bits per heavy atom. The predicted molar refractivity (Wildman–Crippen MR) is 67.6 cm³/mol. The van der Waals surface area contributed by atoms with E-state index in [4.69, 9.17) is 5.11 Å². The Bertz CT molecular complexity index is 371. The zero-order chi connectivity index (χ0) is 12.0. The number of aliphatic carboxylic acids is 1. The monoisotopic (exact) mass is 239 g/mol. The van der Waals surface area contributed by atoms with Gasteiger partial charge in [-0.15, -0.1) is 11.3 Å². The molecule has 0 saturated carbocycles. The summed E-state index contributed by atoms with van der Waals surface area (Å²) in [5.74, 6) is -0.907. The van der Waals surface area contributed by atoms with Gasteiger partial charge in [0.2, 0.25) is 0 Å². The van der Waals surface area contributed by atoms with Crippen LogP contribution in [0, 0.1) is 0 Å². The highest BCUT2D eigenvalue weighted by molar-refractivity contribution is 7.10. The van der Waals surface area contributed by atoms with Crippen molar-refractivity contribution in [3.8, 4) is 0 Å². The van der Waals surface area contributed by atoms with Crippen LogP contribution in [0.5, 0.6) is 0 Å². The van der Waals surface area contributed by atoms with Gasteiger partial charge >= 0.3 is 5.97 Å². The fraction of sp³-hybridized carbons (Fsp3) is 0.417. The fourth-order valence-electron chi connectivity index (χ4n) is 1.46. The molecule has 1 heterocycles. The maximum absolute atomic E-state index is 10.4. The molecule has 88 valence electrons. The molecule has 3 nitrogen and oxygen atoms in total. The standard InChI is InChI=1S/C12H17NO2S/c1-3-6-13(2)8-11-7-10(9-16-11)4-5-12(14)15/h4-5,7,9H,3,6,8H2,1-2H3,(H,14,15). The lowest BCUT2D eigenvalue weighted by Gasteiger charge is -2.13. The van der Waals surface area contributed by atoms with Gasteiger partial charge in [-0.3, -0.25) is 0 Å². The third-order valence-corrected chi connectivity index (χ3v) is 3.06. The molecule has 0 saturated heterocycles. The number of rotatable bonds is 6. The van der Waals surface area contributed by atoms with E-state index in [0.29, 0.717) is 0 Å². The maximum atomic E-state index is 10.4. The summed E-state index contributed by atoms with van der Waals surface area (Å²) in [7, 11) is 2.09. The van der Waals surface area contributed by atoms with Crippen LogP contribution in [0.15, 0.2) is 17.5 Å². The van der Waals surface area contributed by atoms with Crippen LogP contribution in [0.2, 0.25) is 0 Å². The van der Waals surface area contributed by atoms with Gasteiger partial charge in [-0.2, -0.15) is 0 Å². The van der Waals surface area contributed by atoms with E-state index in [1.165, 1.54) is 11.0 Å². The van der Waals surface area contributed by atoms with Crippen LogP contribution >= 0.6 is 11.3 Å². The lowest BCUT2D eigenvalue weighted by molar-refractivity contribution is -0.131. The molecule has 0 aliphatic heterocycles. The van der Waals surface area contributed by atoms with Gasteiger partial charge in [-0.1, -0.05) is 6.92 Å². The summed E-state index contributed by atoms with van der Waals surface area (Å²) in [5.41, 5.74) is 0.965. The van der Waals surface area contributed by atoms with Crippen LogP contribution in [-0.2, 0) is 11.3 Å². The van der Waals surface area contributed by atoms with Gasteiger partial charge in [-0.25, -0.2) is 4.79 Å². The summed E-state index contributed by atoms with van der Waals surface area (Å²) in [6.45, 7) is 4.17. The molecule has 0 aromatic carbocycles. The molecule has 1 rings (SSSR count). The molecule has 0 spiro atoms. The summed E-state index contributed by atoms with van der Waals surface area (Å²) < 4.78 is 0. The van der Waals surface area contributed by atoms with Crippen LogP contribution in [0.25, 0.3) is 6.08 Å². The number of thiophene rings is 1. The van der Waals surface area contributed by atoms with Crippen LogP contribution in [0.1, 0.15) is 23.8 Å².